The molecule has 0 radical (unpaired) electrons. The second-order valence-corrected chi connectivity index (χ2v) is 8.25. The molecule has 1 aromatic heterocycles. The van der Waals surface area contributed by atoms with Gasteiger partial charge in [-0.1, -0.05) is 53.6 Å². The molecule has 8 heteroatoms. The first kappa shape index (κ1) is 22.7. The second-order valence-electron chi connectivity index (χ2n) is 7.89. The molecule has 0 fully saturated rings. The van der Waals surface area contributed by atoms with E-state index in [9.17, 15) is 9.59 Å². The first-order chi connectivity index (χ1) is 15.9. The molecule has 0 spiro atoms. The van der Waals surface area contributed by atoms with Crippen LogP contribution in [0.15, 0.2) is 53.6 Å². The van der Waals surface area contributed by atoms with Crippen molar-refractivity contribution in [2.45, 2.75) is 39.2 Å². The Morgan fingerprint density at radius 1 is 1.18 bits per heavy atom. The van der Waals surface area contributed by atoms with Gasteiger partial charge in [-0.25, -0.2) is 9.99 Å². The Balaban J connectivity index is 1.74. The van der Waals surface area contributed by atoms with E-state index in [0.29, 0.717) is 29.9 Å². The van der Waals surface area contributed by atoms with Crippen molar-refractivity contribution < 1.29 is 19.4 Å². The number of aryl methyl sites for hydroxylation is 1. The van der Waals surface area contributed by atoms with E-state index in [1.54, 1.807) is 0 Å². The van der Waals surface area contributed by atoms with Crippen LogP contribution in [0.4, 0.5) is 0 Å². The van der Waals surface area contributed by atoms with E-state index in [1.165, 1.54) is 5.01 Å². The van der Waals surface area contributed by atoms with Crippen LogP contribution in [0, 0.1) is 6.92 Å². The van der Waals surface area contributed by atoms with E-state index in [2.05, 4.69) is 10.1 Å². The number of hydrogen-bond donors (Lipinski definition) is 1. The summed E-state index contributed by atoms with van der Waals surface area (Å²) in [5, 5.41) is 16.1. The lowest BCUT2D eigenvalue weighted by atomic mass is 9.97. The Morgan fingerprint density at radius 3 is 2.64 bits per heavy atom. The first-order valence-electron chi connectivity index (χ1n) is 10.8. The minimum atomic E-state index is -1.03. The van der Waals surface area contributed by atoms with Crippen molar-refractivity contribution in [2.24, 2.45) is 5.10 Å². The van der Waals surface area contributed by atoms with Gasteiger partial charge in [0.1, 0.15) is 16.4 Å². The maximum Gasteiger partial charge on any atom is 0.303 e. The van der Waals surface area contributed by atoms with Gasteiger partial charge in [0.2, 0.25) is 5.91 Å². The fourth-order valence-corrected chi connectivity index (χ4v) is 4.17. The first-order valence-corrected chi connectivity index (χ1v) is 11.2. The fraction of sp³-hybridized carbons (Fsp3) is 0.280. The molecule has 7 nitrogen and oxygen atoms in total. The maximum absolute atomic E-state index is 13.0. The third-order valence-corrected chi connectivity index (χ3v) is 5.85. The molecule has 0 aliphatic carbocycles. The number of halogens is 1. The zero-order valence-electron chi connectivity index (χ0n) is 18.4. The Kier molecular flexibility index (Phi) is 6.60. The highest BCUT2D eigenvalue weighted by molar-refractivity contribution is 6.30. The Morgan fingerprint density at radius 2 is 1.94 bits per heavy atom. The van der Waals surface area contributed by atoms with Gasteiger partial charge >= 0.3 is 5.97 Å². The van der Waals surface area contributed by atoms with Crippen molar-refractivity contribution in [3.63, 3.8) is 0 Å². The van der Waals surface area contributed by atoms with Crippen molar-refractivity contribution in [3.05, 3.63) is 70.4 Å². The van der Waals surface area contributed by atoms with E-state index in [4.69, 9.17) is 21.4 Å². The number of carbonyl (C=O) groups excluding carboxylic acids is 1. The van der Waals surface area contributed by atoms with Crippen LogP contribution in [-0.2, 0) is 9.59 Å². The number of carboxylic acid groups (broad SMARTS) is 1. The standard InChI is InChI=1S/C25H24ClN3O4/c1-3-33-21-6-4-5-17-13-18(25(26)27-24(17)21)20-14-19(16-9-7-15(2)8-10-16)28-29(20)22(30)11-12-23(31)32/h4-10,13,20H,3,11-12,14H2,1-2H3,(H,31,32). The number of carbonyl (C=O) groups is 2. The van der Waals surface area contributed by atoms with Crippen LogP contribution in [-0.4, -0.2) is 39.3 Å². The molecule has 1 atom stereocenters. The number of carboxylic acids is 1. The van der Waals surface area contributed by atoms with E-state index >= 15 is 0 Å². The van der Waals surface area contributed by atoms with E-state index in [0.717, 1.165) is 22.2 Å². The highest BCUT2D eigenvalue weighted by Crippen LogP contribution is 2.38. The van der Waals surface area contributed by atoms with Gasteiger partial charge in [-0.3, -0.25) is 9.59 Å². The topological polar surface area (TPSA) is 92.1 Å². The molecule has 1 unspecified atom stereocenters. The summed E-state index contributed by atoms with van der Waals surface area (Å²) in [5.74, 6) is -0.764. The third-order valence-electron chi connectivity index (χ3n) is 5.55. The number of fused-ring (bicyclic) bond motifs is 1. The van der Waals surface area contributed by atoms with Crippen molar-refractivity contribution >= 4 is 40.1 Å². The number of nitrogens with zero attached hydrogens (tertiary/aromatic N) is 3. The maximum atomic E-state index is 13.0. The molecule has 0 bridgehead atoms. The molecule has 1 amide bonds. The van der Waals surface area contributed by atoms with Gasteiger partial charge in [-0.15, -0.1) is 0 Å². The predicted molar refractivity (Wildman–Crippen MR) is 127 cm³/mol. The van der Waals surface area contributed by atoms with Gasteiger partial charge in [0, 0.05) is 23.8 Å². The number of pyridine rings is 1. The summed E-state index contributed by atoms with van der Waals surface area (Å²) in [6.07, 6.45) is 0.0302. The molecular formula is C25H24ClN3O4. The Bertz CT molecular complexity index is 1240. The number of para-hydroxylation sites is 1. The molecule has 1 N–H and O–H groups in total. The van der Waals surface area contributed by atoms with Gasteiger partial charge in [0.15, 0.2) is 0 Å². The lowest BCUT2D eigenvalue weighted by Gasteiger charge is -2.23. The molecule has 0 saturated heterocycles. The fourth-order valence-electron chi connectivity index (χ4n) is 3.90. The van der Waals surface area contributed by atoms with Gasteiger partial charge in [-0.2, -0.15) is 5.10 Å². The smallest absolute Gasteiger partial charge is 0.303 e. The summed E-state index contributed by atoms with van der Waals surface area (Å²) < 4.78 is 5.67. The molecule has 4 rings (SSSR count). The van der Waals surface area contributed by atoms with Crippen LogP contribution < -0.4 is 4.74 Å². The SMILES string of the molecule is CCOc1cccc2cc(C3CC(c4ccc(C)cc4)=NN3C(=O)CCC(=O)O)c(Cl)nc12. The minimum absolute atomic E-state index is 0.149. The summed E-state index contributed by atoms with van der Waals surface area (Å²) in [6.45, 7) is 4.40. The number of aromatic nitrogens is 1. The predicted octanol–water partition coefficient (Wildman–Crippen LogP) is 5.14. The summed E-state index contributed by atoms with van der Waals surface area (Å²) in [4.78, 5) is 28.5. The Hall–Kier alpha value is -3.45. The molecule has 2 aromatic carbocycles. The third kappa shape index (κ3) is 4.83. The molecule has 3 aromatic rings. The van der Waals surface area contributed by atoms with Crippen LogP contribution in [0.5, 0.6) is 5.75 Å². The van der Waals surface area contributed by atoms with Crippen molar-refractivity contribution in [1.29, 1.82) is 0 Å². The average molecular weight is 466 g/mol. The number of aliphatic carboxylic acids is 1. The monoisotopic (exact) mass is 465 g/mol. The molecule has 1 aliphatic rings. The molecule has 33 heavy (non-hydrogen) atoms. The largest absolute Gasteiger partial charge is 0.492 e. The van der Waals surface area contributed by atoms with E-state index in [-0.39, 0.29) is 23.9 Å². The normalized spacial score (nSPS) is 15.5. The quantitative estimate of drug-likeness (QED) is 0.488. The number of ether oxygens (including phenoxy) is 1. The summed E-state index contributed by atoms with van der Waals surface area (Å²) >= 11 is 6.62. The molecule has 0 saturated carbocycles. The molecule has 1 aliphatic heterocycles. The van der Waals surface area contributed by atoms with Crippen molar-refractivity contribution in [3.8, 4) is 5.75 Å². The highest BCUT2D eigenvalue weighted by atomic mass is 35.5. The highest BCUT2D eigenvalue weighted by Gasteiger charge is 2.35. The average Bonchev–Trinajstić information content (AvgIpc) is 3.23. The van der Waals surface area contributed by atoms with Crippen LogP contribution >= 0.6 is 11.6 Å². The van der Waals surface area contributed by atoms with Gasteiger partial charge in [0.05, 0.1) is 24.8 Å². The van der Waals surface area contributed by atoms with Crippen LogP contribution in [0.25, 0.3) is 10.9 Å². The summed E-state index contributed by atoms with van der Waals surface area (Å²) in [7, 11) is 0. The molecule has 2 heterocycles. The Labute approximate surface area is 196 Å². The number of hydrogen-bond acceptors (Lipinski definition) is 5. The van der Waals surface area contributed by atoms with E-state index in [1.807, 2.05) is 62.4 Å². The number of rotatable bonds is 7. The van der Waals surface area contributed by atoms with Gasteiger partial charge < -0.3 is 9.84 Å². The lowest BCUT2D eigenvalue weighted by Crippen LogP contribution is -2.27. The number of benzene rings is 2. The summed E-state index contributed by atoms with van der Waals surface area (Å²) in [5.41, 5.74) is 4.07. The van der Waals surface area contributed by atoms with Crippen LogP contribution in [0.2, 0.25) is 5.15 Å². The molecular weight excluding hydrogens is 442 g/mol. The van der Waals surface area contributed by atoms with Gasteiger partial charge in [-0.05, 0) is 31.5 Å². The zero-order valence-corrected chi connectivity index (χ0v) is 19.2. The van der Waals surface area contributed by atoms with Crippen LogP contribution in [0.3, 0.4) is 0 Å². The zero-order chi connectivity index (χ0) is 23.5. The number of amides is 1. The number of hydrazone groups is 1. The van der Waals surface area contributed by atoms with Crippen molar-refractivity contribution in [2.75, 3.05) is 6.61 Å². The summed E-state index contributed by atoms with van der Waals surface area (Å²) in [6, 6.07) is 15.0. The van der Waals surface area contributed by atoms with Crippen LogP contribution in [0.1, 0.15) is 48.9 Å². The van der Waals surface area contributed by atoms with E-state index < -0.39 is 12.0 Å². The second kappa shape index (κ2) is 9.58. The minimum Gasteiger partial charge on any atom is -0.492 e. The van der Waals surface area contributed by atoms with Crippen molar-refractivity contribution in [1.82, 2.24) is 9.99 Å². The lowest BCUT2D eigenvalue weighted by molar-refractivity contribution is -0.141. The molecule has 170 valence electrons. The van der Waals surface area contributed by atoms with Gasteiger partial charge in [0.25, 0.3) is 0 Å².